The van der Waals surface area contributed by atoms with E-state index in [1.54, 1.807) is 6.07 Å². The molecule has 0 atom stereocenters. The van der Waals surface area contributed by atoms with Crippen LogP contribution in [0.1, 0.15) is 11.1 Å². The Balaban J connectivity index is 2.10. The molecule has 184 valence electrons. The minimum atomic E-state index is -4.45. The van der Waals surface area contributed by atoms with Crippen molar-refractivity contribution in [2.45, 2.75) is 18.7 Å². The Morgan fingerprint density at radius 3 is 2.46 bits per heavy atom. The zero-order valence-electron chi connectivity index (χ0n) is 18.9. The molecule has 9 nitrogen and oxygen atoms in total. The van der Waals surface area contributed by atoms with Gasteiger partial charge in [0.1, 0.15) is 12.3 Å². The zero-order valence-corrected chi connectivity index (χ0v) is 22.6. The maximum absolute atomic E-state index is 13.7. The molecule has 0 saturated carbocycles. The molecule has 0 aliphatic heterocycles. The van der Waals surface area contributed by atoms with E-state index in [1.807, 2.05) is 19.1 Å². The lowest BCUT2D eigenvalue weighted by atomic mass is 10.2. The van der Waals surface area contributed by atoms with Crippen LogP contribution in [0.15, 0.2) is 59.5 Å². The summed E-state index contributed by atoms with van der Waals surface area (Å²) in [5.74, 6) is -0.473. The topological polar surface area (TPSA) is 119 Å². The van der Waals surface area contributed by atoms with Gasteiger partial charge >= 0.3 is 0 Å². The number of nitro groups is 1. The molecule has 0 unspecified atom stereocenters. The summed E-state index contributed by atoms with van der Waals surface area (Å²) >= 11 is 8.28. The molecule has 35 heavy (non-hydrogen) atoms. The van der Waals surface area contributed by atoms with Gasteiger partial charge in [0.05, 0.1) is 22.6 Å². The number of hydrogen-bond donors (Lipinski definition) is 1. The monoisotopic (exact) mass is 629 g/mol. The second-order valence-corrected chi connectivity index (χ2v) is 11.1. The minimum absolute atomic E-state index is 0.0118. The molecule has 0 saturated heterocycles. The first-order valence-corrected chi connectivity index (χ1v) is 13.0. The second kappa shape index (κ2) is 10.8. The number of aryl methyl sites for hydroxylation is 2. The summed E-state index contributed by atoms with van der Waals surface area (Å²) in [5, 5.41) is 14.4. The van der Waals surface area contributed by atoms with Crippen LogP contribution in [0.4, 0.5) is 17.1 Å². The highest BCUT2D eigenvalue weighted by molar-refractivity contribution is 14.1. The van der Waals surface area contributed by atoms with Gasteiger partial charge in [-0.15, -0.1) is 0 Å². The van der Waals surface area contributed by atoms with Crippen molar-refractivity contribution < 1.29 is 22.9 Å². The number of amides is 1. The van der Waals surface area contributed by atoms with Gasteiger partial charge in [-0.3, -0.25) is 19.2 Å². The summed E-state index contributed by atoms with van der Waals surface area (Å²) in [6.07, 6.45) is 0. The number of hydrogen-bond acceptors (Lipinski definition) is 6. The number of sulfonamides is 1. The van der Waals surface area contributed by atoms with Crippen molar-refractivity contribution in [3.05, 3.63) is 84.4 Å². The lowest BCUT2D eigenvalue weighted by Gasteiger charge is -2.26. The first-order valence-electron chi connectivity index (χ1n) is 10.1. The third kappa shape index (κ3) is 6.03. The van der Waals surface area contributed by atoms with E-state index >= 15 is 0 Å². The highest BCUT2D eigenvalue weighted by atomic mass is 127. The van der Waals surface area contributed by atoms with Gasteiger partial charge in [-0.1, -0.05) is 17.7 Å². The van der Waals surface area contributed by atoms with Gasteiger partial charge in [-0.25, -0.2) is 8.42 Å². The molecule has 12 heteroatoms. The molecule has 0 bridgehead atoms. The van der Waals surface area contributed by atoms with Crippen LogP contribution in [-0.2, 0) is 14.8 Å². The molecule has 1 amide bonds. The number of rotatable bonds is 8. The van der Waals surface area contributed by atoms with E-state index in [0.29, 0.717) is 11.3 Å². The van der Waals surface area contributed by atoms with Crippen molar-refractivity contribution >= 4 is 67.2 Å². The smallest absolute Gasteiger partial charge is 0.273 e. The molecule has 3 aromatic carbocycles. The molecule has 0 heterocycles. The van der Waals surface area contributed by atoms with E-state index in [1.165, 1.54) is 44.4 Å². The number of carbonyl (C=O) groups is 1. The fraction of sp³-hybridized carbons (Fsp3) is 0.174. The van der Waals surface area contributed by atoms with E-state index in [2.05, 4.69) is 27.9 Å². The Labute approximate surface area is 221 Å². The molecule has 1 N–H and O–H groups in total. The number of methoxy groups -OCH3 is 1. The molecule has 3 rings (SSSR count). The second-order valence-electron chi connectivity index (χ2n) is 7.54. The highest BCUT2D eigenvalue weighted by Crippen LogP contribution is 2.36. The van der Waals surface area contributed by atoms with Gasteiger partial charge in [-0.2, -0.15) is 0 Å². The predicted octanol–water partition coefficient (Wildman–Crippen LogP) is 5.31. The Bertz CT molecular complexity index is 1410. The number of benzene rings is 3. The molecular weight excluding hydrogens is 609 g/mol. The van der Waals surface area contributed by atoms with Crippen molar-refractivity contribution in [3.8, 4) is 5.75 Å². The molecule has 0 fully saturated rings. The van der Waals surface area contributed by atoms with Crippen LogP contribution in [0, 0.1) is 27.5 Å². The molecule has 0 radical (unpaired) electrons. The van der Waals surface area contributed by atoms with Crippen molar-refractivity contribution in [3.63, 3.8) is 0 Å². The quantitative estimate of drug-likeness (QED) is 0.205. The number of nitrogens with one attached hydrogen (secondary N) is 1. The van der Waals surface area contributed by atoms with E-state index < -0.39 is 27.4 Å². The van der Waals surface area contributed by atoms with Crippen molar-refractivity contribution in [2.24, 2.45) is 0 Å². The summed E-state index contributed by atoms with van der Waals surface area (Å²) in [4.78, 5) is 23.4. The van der Waals surface area contributed by atoms with Crippen LogP contribution in [0.25, 0.3) is 0 Å². The van der Waals surface area contributed by atoms with Crippen molar-refractivity contribution in [2.75, 3.05) is 23.3 Å². The standard InChI is InChI=1S/C23H21ClIN3O6S/c1-14-4-7-18(12-20(14)28(30)31)35(32,33)27(21-11-16(24)5-9-22(21)34-3)13-23(29)26-19-8-6-17(25)10-15(19)2/h4-12H,13H2,1-3H3,(H,26,29). The largest absolute Gasteiger partial charge is 0.495 e. The average Bonchev–Trinajstić information content (AvgIpc) is 2.79. The molecule has 0 aromatic heterocycles. The number of halogens is 2. The molecular formula is C23H21ClIN3O6S. The first kappa shape index (κ1) is 26.7. The number of carbonyl (C=O) groups excluding carboxylic acids is 1. The van der Waals surface area contributed by atoms with Gasteiger partial charge in [0, 0.05) is 25.9 Å². The maximum Gasteiger partial charge on any atom is 0.273 e. The molecule has 0 aliphatic rings. The third-order valence-corrected chi connectivity index (χ3v) is 7.79. The van der Waals surface area contributed by atoms with Crippen molar-refractivity contribution in [1.29, 1.82) is 0 Å². The van der Waals surface area contributed by atoms with Gasteiger partial charge in [-0.05, 0) is 84.5 Å². The number of anilines is 2. The van der Waals surface area contributed by atoms with Crippen molar-refractivity contribution in [1.82, 2.24) is 0 Å². The van der Waals surface area contributed by atoms with E-state index in [4.69, 9.17) is 16.3 Å². The average molecular weight is 630 g/mol. The summed E-state index contributed by atoms with van der Waals surface area (Å²) in [6.45, 7) is 2.69. The number of nitrogens with zero attached hydrogens (tertiary/aromatic N) is 2. The summed E-state index contributed by atoms with van der Waals surface area (Å²) in [6, 6.07) is 13.3. The fourth-order valence-corrected chi connectivity index (χ4v) is 5.58. The van der Waals surface area contributed by atoms with Crippen LogP contribution in [0.3, 0.4) is 0 Å². The minimum Gasteiger partial charge on any atom is -0.495 e. The maximum atomic E-state index is 13.7. The SMILES string of the molecule is COc1ccc(Cl)cc1N(CC(=O)Nc1ccc(I)cc1C)S(=O)(=O)c1ccc(C)c([N+](=O)[O-])c1. The third-order valence-electron chi connectivity index (χ3n) is 5.12. The lowest BCUT2D eigenvalue weighted by molar-refractivity contribution is -0.385. The van der Waals surface area contributed by atoms with E-state index in [9.17, 15) is 23.3 Å². The summed E-state index contributed by atoms with van der Waals surface area (Å²) < 4.78 is 34.6. The summed E-state index contributed by atoms with van der Waals surface area (Å²) in [5.41, 5.74) is 1.28. The van der Waals surface area contributed by atoms with Crippen LogP contribution < -0.4 is 14.4 Å². The van der Waals surface area contributed by atoms with Crippen LogP contribution in [-0.4, -0.2) is 32.9 Å². The van der Waals surface area contributed by atoms with E-state index in [-0.39, 0.29) is 27.0 Å². The lowest BCUT2D eigenvalue weighted by Crippen LogP contribution is -2.38. The Kier molecular flexibility index (Phi) is 8.23. The van der Waals surface area contributed by atoms with Crippen LogP contribution in [0.5, 0.6) is 5.75 Å². The van der Waals surface area contributed by atoms with Gasteiger partial charge in [0.15, 0.2) is 0 Å². The Morgan fingerprint density at radius 1 is 1.11 bits per heavy atom. The first-order chi connectivity index (χ1) is 16.4. The fourth-order valence-electron chi connectivity index (χ4n) is 3.32. The van der Waals surface area contributed by atoms with Gasteiger partial charge < -0.3 is 10.1 Å². The number of ether oxygens (including phenoxy) is 1. The van der Waals surface area contributed by atoms with Crippen LogP contribution in [0.2, 0.25) is 5.02 Å². The number of nitro benzene ring substituents is 1. The van der Waals surface area contributed by atoms with Crippen LogP contribution >= 0.6 is 34.2 Å². The molecule has 0 aliphatic carbocycles. The zero-order chi connectivity index (χ0) is 25.9. The van der Waals surface area contributed by atoms with E-state index in [0.717, 1.165) is 19.5 Å². The Hall–Kier alpha value is -2.90. The Morgan fingerprint density at radius 2 is 1.83 bits per heavy atom. The molecule has 3 aromatic rings. The summed E-state index contributed by atoms with van der Waals surface area (Å²) in [7, 11) is -3.10. The highest BCUT2D eigenvalue weighted by Gasteiger charge is 2.31. The molecule has 0 spiro atoms. The normalized spacial score (nSPS) is 11.1. The van der Waals surface area contributed by atoms with Gasteiger partial charge in [0.25, 0.3) is 15.7 Å². The predicted molar refractivity (Wildman–Crippen MR) is 143 cm³/mol. The van der Waals surface area contributed by atoms with Gasteiger partial charge in [0.2, 0.25) is 5.91 Å².